The van der Waals surface area contributed by atoms with E-state index in [1.165, 1.54) is 31.2 Å². The van der Waals surface area contributed by atoms with E-state index in [0.717, 1.165) is 42.6 Å². The van der Waals surface area contributed by atoms with Crippen LogP contribution in [-0.4, -0.2) is 41.6 Å². The number of ether oxygens (including phenoxy) is 2. The normalized spacial score (nSPS) is 27.6. The summed E-state index contributed by atoms with van der Waals surface area (Å²) in [6.07, 6.45) is 9.67. The molecule has 5 nitrogen and oxygen atoms in total. The summed E-state index contributed by atoms with van der Waals surface area (Å²) in [4.78, 5) is 0. The van der Waals surface area contributed by atoms with Crippen molar-refractivity contribution in [2.75, 3.05) is 13.2 Å². The fourth-order valence-corrected chi connectivity index (χ4v) is 3.93. The lowest BCUT2D eigenvalue weighted by atomic mass is 9.92. The molecule has 1 saturated carbocycles. The van der Waals surface area contributed by atoms with Crippen LogP contribution in [0.2, 0.25) is 0 Å². The van der Waals surface area contributed by atoms with Crippen molar-refractivity contribution in [2.45, 2.75) is 63.7 Å². The first-order valence-corrected chi connectivity index (χ1v) is 9.24. The molecule has 2 aliphatic rings. The molecule has 1 saturated heterocycles. The third-order valence-corrected chi connectivity index (χ3v) is 5.47. The summed E-state index contributed by atoms with van der Waals surface area (Å²) >= 11 is 0. The quantitative estimate of drug-likeness (QED) is 0.883. The molecule has 130 valence electrons. The van der Waals surface area contributed by atoms with Gasteiger partial charge in [0.25, 0.3) is 0 Å². The minimum Gasteiger partial charge on any atom is -0.490 e. The second-order valence-corrected chi connectivity index (χ2v) is 7.15. The molecule has 2 heterocycles. The van der Waals surface area contributed by atoms with Gasteiger partial charge in [0.05, 0.1) is 23.9 Å². The predicted molar refractivity (Wildman–Crippen MR) is 94.5 cm³/mol. The van der Waals surface area contributed by atoms with Crippen LogP contribution < -0.4 is 10.1 Å². The average Bonchev–Trinajstić information content (AvgIpc) is 3.28. The summed E-state index contributed by atoms with van der Waals surface area (Å²) in [6.45, 7) is 4.06. The Balaban J connectivity index is 1.28. The molecule has 2 fully saturated rings. The molecular formula is C19H27N3O2. The highest BCUT2D eigenvalue weighted by Gasteiger charge is 2.24. The van der Waals surface area contributed by atoms with Crippen molar-refractivity contribution < 1.29 is 9.47 Å². The van der Waals surface area contributed by atoms with Crippen LogP contribution >= 0.6 is 0 Å². The van der Waals surface area contributed by atoms with Crippen molar-refractivity contribution in [1.82, 2.24) is 15.5 Å². The second-order valence-electron chi connectivity index (χ2n) is 7.15. The number of rotatable bonds is 5. The first-order valence-electron chi connectivity index (χ1n) is 9.24. The van der Waals surface area contributed by atoms with Crippen LogP contribution in [0.1, 0.15) is 44.1 Å². The van der Waals surface area contributed by atoms with E-state index in [4.69, 9.17) is 9.47 Å². The van der Waals surface area contributed by atoms with Crippen LogP contribution in [0.3, 0.4) is 0 Å². The molecule has 2 aromatic rings. The Labute approximate surface area is 143 Å². The molecule has 2 N–H and O–H groups in total. The summed E-state index contributed by atoms with van der Waals surface area (Å²) < 4.78 is 12.0. The lowest BCUT2D eigenvalue weighted by molar-refractivity contribution is 0.0985. The number of H-pyrrole nitrogens is 1. The number of hydrogen-bond donors (Lipinski definition) is 2. The van der Waals surface area contributed by atoms with Crippen molar-refractivity contribution in [3.05, 3.63) is 23.9 Å². The maximum Gasteiger partial charge on any atom is 0.123 e. The smallest absolute Gasteiger partial charge is 0.123 e. The third kappa shape index (κ3) is 3.42. The molecule has 1 unspecified atom stereocenters. The van der Waals surface area contributed by atoms with Gasteiger partial charge < -0.3 is 14.8 Å². The number of aryl methyl sites for hydroxylation is 1. The minimum absolute atomic E-state index is 0.328. The van der Waals surface area contributed by atoms with Crippen LogP contribution in [0.15, 0.2) is 18.3 Å². The number of benzene rings is 1. The van der Waals surface area contributed by atoms with Gasteiger partial charge in [0.2, 0.25) is 0 Å². The van der Waals surface area contributed by atoms with Gasteiger partial charge in [0.15, 0.2) is 0 Å². The van der Waals surface area contributed by atoms with Gasteiger partial charge in [0.1, 0.15) is 5.75 Å². The van der Waals surface area contributed by atoms with Gasteiger partial charge in [-0.25, -0.2) is 0 Å². The molecule has 1 atom stereocenters. The maximum absolute atomic E-state index is 6.30. The summed E-state index contributed by atoms with van der Waals surface area (Å²) in [5.41, 5.74) is 2.25. The molecule has 1 aromatic carbocycles. The summed E-state index contributed by atoms with van der Waals surface area (Å²) in [7, 11) is 0. The highest BCUT2D eigenvalue weighted by atomic mass is 16.5. The number of nitrogens with one attached hydrogen (secondary N) is 2. The van der Waals surface area contributed by atoms with Gasteiger partial charge in [-0.2, -0.15) is 5.10 Å². The predicted octanol–water partition coefficient (Wildman–Crippen LogP) is 3.33. The topological polar surface area (TPSA) is 59.2 Å². The van der Waals surface area contributed by atoms with E-state index in [-0.39, 0.29) is 0 Å². The largest absolute Gasteiger partial charge is 0.490 e. The molecule has 0 spiro atoms. The average molecular weight is 329 g/mol. The zero-order chi connectivity index (χ0) is 16.4. The van der Waals surface area contributed by atoms with Crippen LogP contribution in [0.5, 0.6) is 5.75 Å². The Morgan fingerprint density at radius 1 is 1.25 bits per heavy atom. The van der Waals surface area contributed by atoms with Crippen molar-refractivity contribution in [1.29, 1.82) is 0 Å². The Hall–Kier alpha value is -1.59. The van der Waals surface area contributed by atoms with Crippen LogP contribution in [-0.2, 0) is 4.74 Å². The first kappa shape index (κ1) is 15.9. The van der Waals surface area contributed by atoms with Gasteiger partial charge in [-0.1, -0.05) is 0 Å². The zero-order valence-corrected chi connectivity index (χ0v) is 14.4. The van der Waals surface area contributed by atoms with Crippen LogP contribution in [0.25, 0.3) is 10.9 Å². The van der Waals surface area contributed by atoms with E-state index in [2.05, 4.69) is 34.6 Å². The molecule has 1 aromatic heterocycles. The zero-order valence-electron chi connectivity index (χ0n) is 14.4. The van der Waals surface area contributed by atoms with E-state index in [9.17, 15) is 0 Å². The molecule has 0 amide bonds. The van der Waals surface area contributed by atoms with Crippen LogP contribution in [0.4, 0.5) is 0 Å². The summed E-state index contributed by atoms with van der Waals surface area (Å²) in [5, 5.41) is 12.0. The van der Waals surface area contributed by atoms with E-state index < -0.39 is 0 Å². The first-order chi connectivity index (χ1) is 11.8. The van der Waals surface area contributed by atoms with Crippen LogP contribution in [0, 0.1) is 6.92 Å². The Morgan fingerprint density at radius 3 is 2.92 bits per heavy atom. The van der Waals surface area contributed by atoms with Gasteiger partial charge >= 0.3 is 0 Å². The summed E-state index contributed by atoms with van der Waals surface area (Å²) in [5.74, 6) is 1.000. The molecule has 1 aliphatic heterocycles. The van der Waals surface area contributed by atoms with E-state index in [1.54, 1.807) is 0 Å². The Kier molecular flexibility index (Phi) is 4.72. The number of hydrogen-bond acceptors (Lipinski definition) is 4. The fourth-order valence-electron chi connectivity index (χ4n) is 3.93. The lowest BCUT2D eigenvalue weighted by Gasteiger charge is -2.30. The third-order valence-electron chi connectivity index (χ3n) is 5.47. The van der Waals surface area contributed by atoms with Gasteiger partial charge in [-0.05, 0) is 57.6 Å². The molecule has 5 heteroatoms. The number of nitrogens with zero attached hydrogens (tertiary/aromatic N) is 1. The number of fused-ring (bicyclic) bond motifs is 1. The molecule has 1 aliphatic carbocycles. The van der Waals surface area contributed by atoms with Crippen molar-refractivity contribution in [3.63, 3.8) is 0 Å². The minimum atomic E-state index is 0.328. The highest BCUT2D eigenvalue weighted by molar-refractivity contribution is 5.83. The van der Waals surface area contributed by atoms with Gasteiger partial charge in [-0.15, -0.1) is 0 Å². The van der Waals surface area contributed by atoms with Gasteiger partial charge in [-0.3, -0.25) is 5.10 Å². The second kappa shape index (κ2) is 7.11. The molecule has 24 heavy (non-hydrogen) atoms. The van der Waals surface area contributed by atoms with Crippen molar-refractivity contribution in [3.8, 4) is 5.75 Å². The van der Waals surface area contributed by atoms with Gasteiger partial charge in [0, 0.05) is 30.1 Å². The molecule has 0 radical (unpaired) electrons. The molecule has 0 bridgehead atoms. The number of aromatic nitrogens is 2. The standard InChI is InChI=1S/C19H27N3O2/c1-13-17-12-21-22-18(17)8-9-19(13)24-15-6-4-14(5-7-15)20-11-16-3-2-10-23-16/h8-9,12,14-16,20H,2-7,10-11H2,1H3,(H,21,22)/t14-,15+,16?. The SMILES string of the molecule is Cc1c(O[C@H]2CC[C@@H](NCC3CCCO3)CC2)ccc2[nH]ncc12. The molecule has 4 rings (SSSR count). The van der Waals surface area contributed by atoms with Crippen molar-refractivity contribution in [2.24, 2.45) is 0 Å². The fraction of sp³-hybridized carbons (Fsp3) is 0.632. The van der Waals surface area contributed by atoms with E-state index in [0.29, 0.717) is 18.2 Å². The van der Waals surface area contributed by atoms with E-state index in [1.807, 2.05) is 6.20 Å². The summed E-state index contributed by atoms with van der Waals surface area (Å²) in [6, 6.07) is 4.74. The van der Waals surface area contributed by atoms with Crippen molar-refractivity contribution >= 4 is 10.9 Å². The molecular weight excluding hydrogens is 302 g/mol. The van der Waals surface area contributed by atoms with E-state index >= 15 is 0 Å². The maximum atomic E-state index is 6.30. The number of aromatic amines is 1. The Morgan fingerprint density at radius 2 is 2.12 bits per heavy atom. The lowest BCUT2D eigenvalue weighted by Crippen LogP contribution is -2.39. The Bertz CT molecular complexity index is 670. The monoisotopic (exact) mass is 329 g/mol. The highest BCUT2D eigenvalue weighted by Crippen LogP contribution is 2.30.